The minimum Gasteiger partial charge on any atom is -0.390 e. The second-order valence-electron chi connectivity index (χ2n) is 4.86. The molecule has 0 saturated carbocycles. The molecule has 1 radical (unpaired) electrons. The molecule has 4 atom stereocenters. The fourth-order valence-electron chi connectivity index (χ4n) is 2.36. The minimum absolute atomic E-state index is 0. The van der Waals surface area contributed by atoms with E-state index in [1.807, 2.05) is 0 Å². The molecule has 0 spiro atoms. The summed E-state index contributed by atoms with van der Waals surface area (Å²) in [4.78, 5) is 41.9. The first-order valence-electron chi connectivity index (χ1n) is 6.34. The molecule has 3 N–H and O–H groups in total. The molecule has 121 valence electrons. The van der Waals surface area contributed by atoms with Crippen molar-refractivity contribution in [2.24, 2.45) is 15.0 Å². The Morgan fingerprint density at radius 3 is 2.91 bits per heavy atom. The smallest absolute Gasteiger partial charge is 0.390 e. The number of hydrogen-bond acceptors (Lipinski definition) is 8. The van der Waals surface area contributed by atoms with Crippen molar-refractivity contribution in [1.82, 2.24) is 4.90 Å². The fraction of sp³-hybridized carbons (Fsp3) is 0.600. The van der Waals surface area contributed by atoms with E-state index in [0.29, 0.717) is 5.84 Å². The van der Waals surface area contributed by atoms with Gasteiger partial charge in [0, 0.05) is 36.0 Å². The molecule has 0 bridgehead atoms. The van der Waals surface area contributed by atoms with Gasteiger partial charge in [-0.1, -0.05) is 0 Å². The molecule has 1 saturated heterocycles. The van der Waals surface area contributed by atoms with Crippen LogP contribution in [-0.2, 0) is 18.6 Å². The second-order valence-corrected chi connectivity index (χ2v) is 6.10. The van der Waals surface area contributed by atoms with Crippen LogP contribution >= 0.6 is 7.82 Å². The summed E-state index contributed by atoms with van der Waals surface area (Å²) in [5, 5.41) is 9.90. The molecule has 11 nitrogen and oxygen atoms in total. The Kier molecular flexibility index (Phi) is 5.88. The zero-order valence-electron chi connectivity index (χ0n) is 12.1. The molecular formula is C10H13N4NaO7P. The molecule has 3 aliphatic rings. The first-order chi connectivity index (χ1) is 10.3. The molecule has 3 aliphatic heterocycles. The largest absolute Gasteiger partial charge is 0.469 e. The zero-order chi connectivity index (χ0) is 15.9. The minimum atomic E-state index is -4.64. The van der Waals surface area contributed by atoms with Crippen LogP contribution in [-0.4, -0.2) is 105 Å². The summed E-state index contributed by atoms with van der Waals surface area (Å²) in [5.74, 6) is -0.0996. The molecule has 0 aromatic rings. The molecule has 1 fully saturated rings. The van der Waals surface area contributed by atoms with E-state index in [-0.39, 0.29) is 36.0 Å². The monoisotopic (exact) mass is 355 g/mol. The topological polar surface area (TPSA) is 154 Å². The average molecular weight is 355 g/mol. The summed E-state index contributed by atoms with van der Waals surface area (Å²) in [5.41, 5.74) is 0. The molecule has 3 rings (SSSR count). The van der Waals surface area contributed by atoms with Crippen molar-refractivity contribution >= 4 is 61.8 Å². The predicted octanol–water partition coefficient (Wildman–Crippen LogP) is -2.13. The third kappa shape index (κ3) is 4.13. The van der Waals surface area contributed by atoms with Gasteiger partial charge in [-0.25, -0.2) is 9.56 Å². The van der Waals surface area contributed by atoms with Crippen LogP contribution in [0.4, 0.5) is 0 Å². The number of hydrogen-bond donors (Lipinski definition) is 3. The van der Waals surface area contributed by atoms with Crippen LogP contribution in [0.1, 0.15) is 6.42 Å². The summed E-state index contributed by atoms with van der Waals surface area (Å²) in [6, 6.07) is -0.809. The van der Waals surface area contributed by atoms with Gasteiger partial charge in [-0.2, -0.15) is 4.99 Å². The normalized spacial score (nSPS) is 32.7. The van der Waals surface area contributed by atoms with Crippen molar-refractivity contribution in [3.63, 3.8) is 0 Å². The summed E-state index contributed by atoms with van der Waals surface area (Å²) in [6.45, 7) is -0.455. The van der Waals surface area contributed by atoms with Gasteiger partial charge in [0.25, 0.3) is 5.91 Å². The maximum absolute atomic E-state index is 11.6. The number of fused-ring (bicyclic) bond motifs is 1. The van der Waals surface area contributed by atoms with Gasteiger partial charge in [0.15, 0.2) is 6.04 Å². The first kappa shape index (κ1) is 18.8. The Morgan fingerprint density at radius 2 is 2.22 bits per heavy atom. The van der Waals surface area contributed by atoms with Gasteiger partial charge in [0.1, 0.15) is 24.5 Å². The van der Waals surface area contributed by atoms with E-state index in [0.717, 1.165) is 6.34 Å². The van der Waals surface area contributed by atoms with Crippen molar-refractivity contribution in [3.8, 4) is 0 Å². The van der Waals surface area contributed by atoms with Gasteiger partial charge in [0.05, 0.1) is 19.0 Å². The van der Waals surface area contributed by atoms with Gasteiger partial charge in [0.2, 0.25) is 0 Å². The Balaban J connectivity index is 0.00000192. The number of amides is 1. The Hall–Kier alpha value is -0.490. The van der Waals surface area contributed by atoms with E-state index < -0.39 is 44.8 Å². The van der Waals surface area contributed by atoms with Crippen LogP contribution in [0, 0.1) is 0 Å². The van der Waals surface area contributed by atoms with Crippen molar-refractivity contribution in [2.45, 2.75) is 30.9 Å². The number of phosphoric ester groups is 1. The molecule has 0 aliphatic carbocycles. The number of carbonyl (C=O) groups excluding carboxylic acids is 1. The number of rotatable bonds is 4. The van der Waals surface area contributed by atoms with Gasteiger partial charge in [-0.05, 0) is 0 Å². The van der Waals surface area contributed by atoms with Crippen LogP contribution < -0.4 is 0 Å². The SMILES string of the molecule is O=C1N=CN=C2C1N=CN2[C@H]1C[C@H](O)[C@@H](COP(=O)(O)O)O1.[Na]. The quantitative estimate of drug-likeness (QED) is 0.382. The predicted molar refractivity (Wildman–Crippen MR) is 78.1 cm³/mol. The third-order valence-electron chi connectivity index (χ3n) is 3.38. The van der Waals surface area contributed by atoms with Crippen molar-refractivity contribution < 1.29 is 33.5 Å². The van der Waals surface area contributed by atoms with Crippen LogP contribution in [0.3, 0.4) is 0 Å². The molecule has 0 aromatic carbocycles. The van der Waals surface area contributed by atoms with E-state index in [2.05, 4.69) is 19.5 Å². The molecule has 1 unspecified atom stereocenters. The van der Waals surface area contributed by atoms with Gasteiger partial charge in [-0.15, -0.1) is 0 Å². The van der Waals surface area contributed by atoms with Crippen LogP contribution in [0.15, 0.2) is 15.0 Å². The molecule has 1 amide bonds. The zero-order valence-corrected chi connectivity index (χ0v) is 15.0. The average Bonchev–Trinajstić information content (AvgIpc) is 3.00. The molecule has 23 heavy (non-hydrogen) atoms. The van der Waals surface area contributed by atoms with Gasteiger partial charge in [-0.3, -0.25) is 19.2 Å². The third-order valence-corrected chi connectivity index (χ3v) is 3.86. The number of aliphatic imine (C=N–C) groups is 3. The van der Waals surface area contributed by atoms with E-state index in [4.69, 9.17) is 14.5 Å². The molecule has 0 aromatic heterocycles. The summed E-state index contributed by atoms with van der Waals surface area (Å²) >= 11 is 0. The second kappa shape index (κ2) is 7.18. The number of carbonyl (C=O) groups is 1. The maximum atomic E-state index is 11.6. The Morgan fingerprint density at radius 1 is 1.48 bits per heavy atom. The number of nitrogens with zero attached hydrogens (tertiary/aromatic N) is 4. The molecule has 3 heterocycles. The standard InChI is InChI=1S/C10H13N4O7P.Na/c15-5-1-7(21-6(5)2-20-22(17,18)19)14-4-13-8-9(14)11-3-12-10(8)16;/h3-8,15H,1-2H2,(H2,17,18,19);/t5-,6+,7+,8?;/m0./s1. The van der Waals surface area contributed by atoms with Crippen molar-refractivity contribution in [1.29, 1.82) is 0 Å². The summed E-state index contributed by atoms with van der Waals surface area (Å²) in [6.07, 6.45) is 0.108. The number of aliphatic hydroxyl groups is 1. The fourth-order valence-corrected chi connectivity index (χ4v) is 2.70. The van der Waals surface area contributed by atoms with Gasteiger partial charge < -0.3 is 19.6 Å². The number of amidine groups is 1. The van der Waals surface area contributed by atoms with E-state index in [1.165, 1.54) is 11.2 Å². The number of ether oxygens (including phenoxy) is 1. The van der Waals surface area contributed by atoms with Crippen molar-refractivity contribution in [3.05, 3.63) is 0 Å². The van der Waals surface area contributed by atoms with Gasteiger partial charge >= 0.3 is 7.82 Å². The number of phosphoric acid groups is 1. The molecule has 13 heteroatoms. The van der Waals surface area contributed by atoms with Crippen LogP contribution in [0.2, 0.25) is 0 Å². The van der Waals surface area contributed by atoms with E-state index in [1.54, 1.807) is 0 Å². The maximum Gasteiger partial charge on any atom is 0.469 e. The van der Waals surface area contributed by atoms with Crippen LogP contribution in [0.5, 0.6) is 0 Å². The summed E-state index contributed by atoms with van der Waals surface area (Å²) in [7, 11) is -4.64. The number of aliphatic hydroxyl groups excluding tert-OH is 1. The Labute approximate surface area is 152 Å². The van der Waals surface area contributed by atoms with Crippen LogP contribution in [0.25, 0.3) is 0 Å². The molecular weight excluding hydrogens is 342 g/mol. The van der Waals surface area contributed by atoms with Crippen molar-refractivity contribution in [2.75, 3.05) is 6.61 Å². The van der Waals surface area contributed by atoms with E-state index >= 15 is 0 Å². The first-order valence-corrected chi connectivity index (χ1v) is 7.87. The summed E-state index contributed by atoms with van der Waals surface area (Å²) < 4.78 is 20.5. The Bertz CT molecular complexity index is 620. The van der Waals surface area contributed by atoms with E-state index in [9.17, 15) is 14.5 Å².